The van der Waals surface area contributed by atoms with Crippen molar-refractivity contribution < 1.29 is 14.2 Å². The smallest absolute Gasteiger partial charge is 0.135 e. The third kappa shape index (κ3) is 4.13. The molecule has 0 aliphatic carbocycles. The molecule has 0 aromatic heterocycles. The van der Waals surface area contributed by atoms with E-state index in [-0.39, 0.29) is 6.10 Å². The van der Waals surface area contributed by atoms with E-state index in [1.807, 2.05) is 36.4 Å². The van der Waals surface area contributed by atoms with Crippen molar-refractivity contribution >= 4 is 0 Å². The van der Waals surface area contributed by atoms with Crippen LogP contribution >= 0.6 is 0 Å². The fourth-order valence-corrected chi connectivity index (χ4v) is 2.96. The summed E-state index contributed by atoms with van der Waals surface area (Å²) in [6, 6.07) is 27.0. The molecule has 1 aliphatic heterocycles. The third-order valence-electron chi connectivity index (χ3n) is 4.36. The van der Waals surface area contributed by atoms with Gasteiger partial charge in [0, 0.05) is 11.1 Å². The average Bonchev–Trinajstić information content (AvgIpc) is 3.53. The lowest BCUT2D eigenvalue weighted by Crippen LogP contribution is -2.11. The summed E-state index contributed by atoms with van der Waals surface area (Å²) in [6.07, 6.45) is 0.284. The maximum Gasteiger partial charge on any atom is 0.135 e. The molecular formula is C23H22O3. The summed E-state index contributed by atoms with van der Waals surface area (Å²) >= 11 is 0. The number of hydrogen-bond donors (Lipinski definition) is 0. The van der Waals surface area contributed by atoms with Crippen molar-refractivity contribution in [2.24, 2.45) is 0 Å². The Morgan fingerprint density at radius 1 is 0.731 bits per heavy atom. The molecule has 0 spiro atoms. The molecule has 1 atom stereocenters. The van der Waals surface area contributed by atoms with Crippen molar-refractivity contribution in [1.82, 2.24) is 0 Å². The summed E-state index contributed by atoms with van der Waals surface area (Å²) in [6.45, 7) is 2.53. The Kier molecular flexibility index (Phi) is 5.29. The number of para-hydroxylation sites is 1. The van der Waals surface area contributed by atoms with Gasteiger partial charge in [-0.15, -0.1) is 0 Å². The predicted octanol–water partition coefficient (Wildman–Crippen LogP) is 4.81. The van der Waals surface area contributed by atoms with Crippen LogP contribution in [0.15, 0.2) is 78.9 Å². The SMILES string of the molecule is c1ccc(-c2cccc(-c3ccccc3)c2OCCOCC2CO2)cc1. The predicted molar refractivity (Wildman–Crippen MR) is 103 cm³/mol. The molecule has 26 heavy (non-hydrogen) atoms. The van der Waals surface area contributed by atoms with Crippen LogP contribution in [0.3, 0.4) is 0 Å². The zero-order valence-corrected chi connectivity index (χ0v) is 14.6. The molecule has 1 heterocycles. The minimum atomic E-state index is 0.284. The van der Waals surface area contributed by atoms with Gasteiger partial charge >= 0.3 is 0 Å². The highest BCUT2D eigenvalue weighted by molar-refractivity contribution is 5.82. The van der Waals surface area contributed by atoms with Gasteiger partial charge in [0.25, 0.3) is 0 Å². The molecule has 0 bridgehead atoms. The van der Waals surface area contributed by atoms with Crippen LogP contribution in [-0.4, -0.2) is 32.5 Å². The van der Waals surface area contributed by atoms with E-state index in [1.54, 1.807) is 0 Å². The quantitative estimate of drug-likeness (QED) is 0.433. The highest BCUT2D eigenvalue weighted by atomic mass is 16.6. The second kappa shape index (κ2) is 8.17. The van der Waals surface area contributed by atoms with Gasteiger partial charge in [-0.3, -0.25) is 0 Å². The van der Waals surface area contributed by atoms with Crippen LogP contribution in [-0.2, 0) is 9.47 Å². The molecule has 3 heteroatoms. The van der Waals surface area contributed by atoms with E-state index in [9.17, 15) is 0 Å². The van der Waals surface area contributed by atoms with E-state index in [4.69, 9.17) is 14.2 Å². The van der Waals surface area contributed by atoms with Crippen LogP contribution in [0.5, 0.6) is 5.75 Å². The van der Waals surface area contributed by atoms with Crippen LogP contribution in [0, 0.1) is 0 Å². The molecule has 4 rings (SSSR count). The summed E-state index contributed by atoms with van der Waals surface area (Å²) in [7, 11) is 0. The number of rotatable bonds is 8. The molecule has 1 saturated heterocycles. The van der Waals surface area contributed by atoms with E-state index in [1.165, 1.54) is 0 Å². The van der Waals surface area contributed by atoms with E-state index < -0.39 is 0 Å². The van der Waals surface area contributed by atoms with Gasteiger partial charge in [-0.25, -0.2) is 0 Å². The molecule has 132 valence electrons. The monoisotopic (exact) mass is 346 g/mol. The van der Waals surface area contributed by atoms with Gasteiger partial charge < -0.3 is 14.2 Å². The maximum absolute atomic E-state index is 6.21. The molecule has 0 amide bonds. The number of hydrogen-bond acceptors (Lipinski definition) is 3. The molecule has 0 N–H and O–H groups in total. The topological polar surface area (TPSA) is 31.0 Å². The fourth-order valence-electron chi connectivity index (χ4n) is 2.96. The second-order valence-corrected chi connectivity index (χ2v) is 6.29. The van der Waals surface area contributed by atoms with Crippen molar-refractivity contribution in [3.8, 4) is 28.0 Å². The highest BCUT2D eigenvalue weighted by Crippen LogP contribution is 2.38. The largest absolute Gasteiger partial charge is 0.490 e. The van der Waals surface area contributed by atoms with Gasteiger partial charge in [0.2, 0.25) is 0 Å². The first kappa shape index (κ1) is 16.8. The summed E-state index contributed by atoms with van der Waals surface area (Å²) in [5.41, 5.74) is 4.48. The Labute approximate surface area is 154 Å². The van der Waals surface area contributed by atoms with Gasteiger partial charge in [-0.2, -0.15) is 0 Å². The molecule has 3 nitrogen and oxygen atoms in total. The highest BCUT2D eigenvalue weighted by Gasteiger charge is 2.22. The molecule has 0 radical (unpaired) electrons. The van der Waals surface area contributed by atoms with Gasteiger partial charge in [-0.05, 0) is 11.1 Å². The van der Waals surface area contributed by atoms with Crippen molar-refractivity contribution in [3.63, 3.8) is 0 Å². The van der Waals surface area contributed by atoms with E-state index in [0.29, 0.717) is 19.8 Å². The maximum atomic E-state index is 6.21. The minimum Gasteiger partial charge on any atom is -0.490 e. The Hall–Kier alpha value is -2.62. The van der Waals surface area contributed by atoms with E-state index >= 15 is 0 Å². The summed E-state index contributed by atoms with van der Waals surface area (Å²) < 4.78 is 17.0. The van der Waals surface area contributed by atoms with Crippen molar-refractivity contribution in [2.45, 2.75) is 6.10 Å². The van der Waals surface area contributed by atoms with Crippen LogP contribution < -0.4 is 4.74 Å². The number of benzene rings is 3. The third-order valence-corrected chi connectivity index (χ3v) is 4.36. The first-order valence-electron chi connectivity index (χ1n) is 8.98. The fraction of sp³-hybridized carbons (Fsp3) is 0.217. The second-order valence-electron chi connectivity index (χ2n) is 6.29. The molecule has 0 saturated carbocycles. The normalized spacial score (nSPS) is 15.6. The zero-order chi connectivity index (χ0) is 17.6. The lowest BCUT2D eigenvalue weighted by Gasteiger charge is -2.16. The Morgan fingerprint density at radius 3 is 1.85 bits per heavy atom. The summed E-state index contributed by atoms with van der Waals surface area (Å²) in [5, 5.41) is 0. The van der Waals surface area contributed by atoms with Gasteiger partial charge in [0.05, 0.1) is 19.8 Å². The molecule has 3 aromatic rings. The van der Waals surface area contributed by atoms with Crippen LogP contribution in [0.4, 0.5) is 0 Å². The van der Waals surface area contributed by atoms with Crippen molar-refractivity contribution in [1.29, 1.82) is 0 Å². The standard InChI is InChI=1S/C23H22O3/c1-3-8-18(9-4-1)21-12-7-13-22(19-10-5-2-6-11-19)23(21)25-15-14-24-16-20-17-26-20/h1-13,20H,14-17H2. The van der Waals surface area contributed by atoms with Crippen LogP contribution in [0.2, 0.25) is 0 Å². The van der Waals surface area contributed by atoms with Gasteiger partial charge in [0.1, 0.15) is 18.5 Å². The van der Waals surface area contributed by atoms with Gasteiger partial charge in [0.15, 0.2) is 0 Å². The average molecular weight is 346 g/mol. The molecular weight excluding hydrogens is 324 g/mol. The van der Waals surface area contributed by atoms with Crippen molar-refractivity contribution in [3.05, 3.63) is 78.9 Å². The molecule has 1 aliphatic rings. The lowest BCUT2D eigenvalue weighted by atomic mass is 9.97. The number of epoxide rings is 1. The van der Waals surface area contributed by atoms with E-state index in [0.717, 1.165) is 34.6 Å². The Bertz CT molecular complexity index is 769. The zero-order valence-electron chi connectivity index (χ0n) is 14.6. The summed E-state index contributed by atoms with van der Waals surface area (Å²) in [4.78, 5) is 0. The Morgan fingerprint density at radius 2 is 1.31 bits per heavy atom. The molecule has 3 aromatic carbocycles. The van der Waals surface area contributed by atoms with E-state index in [2.05, 4.69) is 42.5 Å². The minimum absolute atomic E-state index is 0.284. The lowest BCUT2D eigenvalue weighted by molar-refractivity contribution is 0.0881. The van der Waals surface area contributed by atoms with Crippen LogP contribution in [0.1, 0.15) is 0 Å². The Balaban J connectivity index is 1.60. The van der Waals surface area contributed by atoms with Crippen molar-refractivity contribution in [2.75, 3.05) is 26.4 Å². The van der Waals surface area contributed by atoms with Crippen LogP contribution in [0.25, 0.3) is 22.3 Å². The first-order chi connectivity index (χ1) is 12.9. The molecule has 1 unspecified atom stereocenters. The molecule has 1 fully saturated rings. The van der Waals surface area contributed by atoms with Gasteiger partial charge in [-0.1, -0.05) is 78.9 Å². The number of ether oxygens (including phenoxy) is 3. The summed E-state index contributed by atoms with van der Waals surface area (Å²) in [5.74, 6) is 0.899. The first-order valence-corrected chi connectivity index (χ1v) is 8.98.